The highest BCUT2D eigenvalue weighted by atomic mass is 32.2. The number of sulfonamides is 1. The second kappa shape index (κ2) is 7.09. The maximum atomic E-state index is 13.3. The van der Waals surface area contributed by atoms with E-state index in [1.165, 1.54) is 4.31 Å². The van der Waals surface area contributed by atoms with Crippen molar-refractivity contribution in [3.05, 3.63) is 23.3 Å². The Balaban J connectivity index is 1.51. The maximum Gasteiger partial charge on any atom is 0.243 e. The van der Waals surface area contributed by atoms with E-state index in [1.54, 1.807) is 21.9 Å². The molecule has 0 atom stereocenters. The van der Waals surface area contributed by atoms with Crippen LogP contribution in [0.25, 0.3) is 0 Å². The molecule has 7 nitrogen and oxygen atoms in total. The van der Waals surface area contributed by atoms with Gasteiger partial charge >= 0.3 is 0 Å². The Bertz CT molecular complexity index is 957. The van der Waals surface area contributed by atoms with Gasteiger partial charge in [0.25, 0.3) is 0 Å². The van der Waals surface area contributed by atoms with Crippen molar-refractivity contribution in [1.82, 2.24) is 9.21 Å². The number of rotatable bonds is 3. The Morgan fingerprint density at radius 2 is 1.59 bits per heavy atom. The molecule has 1 saturated heterocycles. The van der Waals surface area contributed by atoms with Gasteiger partial charge in [-0.15, -0.1) is 0 Å². The number of amides is 2. The summed E-state index contributed by atoms with van der Waals surface area (Å²) in [6.45, 7) is 8.20. The molecule has 0 N–H and O–H groups in total. The van der Waals surface area contributed by atoms with Crippen molar-refractivity contribution in [3.8, 4) is 0 Å². The second-order valence-corrected chi connectivity index (χ2v) is 11.3. The first kappa shape index (κ1) is 20.3. The largest absolute Gasteiger partial charge is 0.340 e. The van der Waals surface area contributed by atoms with Crippen molar-refractivity contribution in [3.63, 3.8) is 0 Å². The average Bonchev–Trinajstić information content (AvgIpc) is 3.09. The van der Waals surface area contributed by atoms with Crippen molar-refractivity contribution in [2.45, 2.75) is 51.3 Å². The van der Waals surface area contributed by atoms with Crippen molar-refractivity contribution >= 4 is 27.5 Å². The van der Waals surface area contributed by atoms with Crippen molar-refractivity contribution in [2.75, 3.05) is 37.6 Å². The molecular weight excluding hydrogens is 390 g/mol. The number of piperazine rings is 1. The van der Waals surface area contributed by atoms with E-state index in [0.717, 1.165) is 16.8 Å². The molecular formula is C21H29N3O4S. The first-order valence-electron chi connectivity index (χ1n) is 10.3. The molecule has 4 rings (SSSR count). The molecule has 1 aromatic rings. The monoisotopic (exact) mass is 419 g/mol. The van der Waals surface area contributed by atoms with E-state index in [2.05, 4.69) is 0 Å². The van der Waals surface area contributed by atoms with E-state index in [1.807, 2.05) is 20.8 Å². The summed E-state index contributed by atoms with van der Waals surface area (Å²) >= 11 is 0. The van der Waals surface area contributed by atoms with Crippen LogP contribution >= 0.6 is 0 Å². The molecule has 2 amide bonds. The fraction of sp³-hybridized carbons (Fsp3) is 0.619. The summed E-state index contributed by atoms with van der Waals surface area (Å²) in [7, 11) is -3.62. The molecule has 0 aliphatic carbocycles. The van der Waals surface area contributed by atoms with Gasteiger partial charge in [-0.3, -0.25) is 9.59 Å². The molecule has 1 aromatic carbocycles. The zero-order valence-corrected chi connectivity index (χ0v) is 18.2. The van der Waals surface area contributed by atoms with E-state index in [-0.39, 0.29) is 17.2 Å². The predicted molar refractivity (Wildman–Crippen MR) is 110 cm³/mol. The smallest absolute Gasteiger partial charge is 0.243 e. The van der Waals surface area contributed by atoms with Gasteiger partial charge in [0, 0.05) is 45.6 Å². The zero-order chi connectivity index (χ0) is 21.0. The highest BCUT2D eigenvalue weighted by Gasteiger charge is 2.35. The lowest BCUT2D eigenvalue weighted by molar-refractivity contribution is -0.134. The first-order valence-corrected chi connectivity index (χ1v) is 11.7. The van der Waals surface area contributed by atoms with E-state index in [9.17, 15) is 18.0 Å². The minimum Gasteiger partial charge on any atom is -0.340 e. The Labute approximate surface area is 172 Å². The van der Waals surface area contributed by atoms with Gasteiger partial charge in [-0.2, -0.15) is 4.31 Å². The minimum atomic E-state index is -3.62. The lowest BCUT2D eigenvalue weighted by Crippen LogP contribution is -2.51. The fourth-order valence-electron chi connectivity index (χ4n) is 4.47. The van der Waals surface area contributed by atoms with Crippen LogP contribution in [0.3, 0.4) is 0 Å². The number of carbonyl (C=O) groups is 2. The van der Waals surface area contributed by atoms with Crippen LogP contribution in [0.15, 0.2) is 17.0 Å². The number of hydrogen-bond donors (Lipinski definition) is 0. The summed E-state index contributed by atoms with van der Waals surface area (Å²) in [4.78, 5) is 28.4. The van der Waals surface area contributed by atoms with Gasteiger partial charge in [-0.1, -0.05) is 20.8 Å². The van der Waals surface area contributed by atoms with Crippen LogP contribution in [0.5, 0.6) is 0 Å². The molecule has 0 radical (unpaired) electrons. The third-order valence-electron chi connectivity index (χ3n) is 5.94. The van der Waals surface area contributed by atoms with Gasteiger partial charge < -0.3 is 9.80 Å². The molecule has 3 aliphatic heterocycles. The molecule has 3 heterocycles. The lowest BCUT2D eigenvalue weighted by Gasteiger charge is -2.35. The Morgan fingerprint density at radius 3 is 2.21 bits per heavy atom. The van der Waals surface area contributed by atoms with Gasteiger partial charge in [0.15, 0.2) is 0 Å². The van der Waals surface area contributed by atoms with Crippen LogP contribution in [0.1, 0.15) is 44.7 Å². The summed E-state index contributed by atoms with van der Waals surface area (Å²) in [5.41, 5.74) is 2.75. The Hall–Kier alpha value is -1.93. The average molecular weight is 420 g/mol. The highest BCUT2D eigenvalue weighted by molar-refractivity contribution is 7.89. The lowest BCUT2D eigenvalue weighted by atomic mass is 9.91. The first-order chi connectivity index (χ1) is 13.6. The van der Waals surface area contributed by atoms with Crippen LogP contribution in [-0.2, 0) is 32.5 Å². The number of aryl methyl sites for hydroxylation is 1. The topological polar surface area (TPSA) is 78.0 Å². The Morgan fingerprint density at radius 1 is 0.966 bits per heavy atom. The normalized spacial score (nSPS) is 20.2. The van der Waals surface area contributed by atoms with Crippen molar-refractivity contribution < 1.29 is 18.0 Å². The molecule has 8 heteroatoms. The fourth-order valence-corrected chi connectivity index (χ4v) is 5.99. The van der Waals surface area contributed by atoms with Crippen LogP contribution < -0.4 is 4.90 Å². The van der Waals surface area contributed by atoms with Gasteiger partial charge in [0.05, 0.1) is 10.6 Å². The molecule has 3 aliphatic rings. The molecule has 0 unspecified atom stereocenters. The number of nitrogens with zero attached hydrogens (tertiary/aromatic N) is 3. The van der Waals surface area contributed by atoms with E-state index >= 15 is 0 Å². The van der Waals surface area contributed by atoms with Gasteiger partial charge in [0.1, 0.15) is 0 Å². The summed E-state index contributed by atoms with van der Waals surface area (Å²) in [5, 5.41) is 0. The summed E-state index contributed by atoms with van der Waals surface area (Å²) in [6.07, 6.45) is 2.19. The standard InChI is InChI=1S/C21H29N3O4S/c1-21(2,3)14-19(26)22-8-10-23(11-9-22)29(27,28)17-12-15-4-5-18(25)24-7-6-16(13-17)20(15)24/h12-13H,4-11,14H2,1-3H3. The maximum absolute atomic E-state index is 13.3. The van der Waals surface area contributed by atoms with Crippen LogP contribution in [0, 0.1) is 5.41 Å². The van der Waals surface area contributed by atoms with Gasteiger partial charge in [-0.05, 0) is 41.5 Å². The quantitative estimate of drug-likeness (QED) is 0.748. The van der Waals surface area contributed by atoms with E-state index in [0.29, 0.717) is 63.3 Å². The third kappa shape index (κ3) is 3.80. The molecule has 0 spiro atoms. The molecule has 0 saturated carbocycles. The number of benzene rings is 1. The highest BCUT2D eigenvalue weighted by Crippen LogP contribution is 2.39. The summed E-state index contributed by atoms with van der Waals surface area (Å²) in [5.74, 6) is 0.212. The third-order valence-corrected chi connectivity index (χ3v) is 7.81. The van der Waals surface area contributed by atoms with Gasteiger partial charge in [-0.25, -0.2) is 8.42 Å². The zero-order valence-electron chi connectivity index (χ0n) is 17.4. The molecule has 29 heavy (non-hydrogen) atoms. The number of anilines is 1. The predicted octanol–water partition coefficient (Wildman–Crippen LogP) is 1.79. The van der Waals surface area contributed by atoms with E-state index in [4.69, 9.17) is 0 Å². The number of hydrogen-bond acceptors (Lipinski definition) is 4. The number of carbonyl (C=O) groups excluding carboxylic acids is 2. The SMILES string of the molecule is CC(C)(C)CC(=O)N1CCN(S(=O)(=O)c2cc3c4c(c2)CCN4C(=O)CC3)CC1. The Kier molecular flexibility index (Phi) is 4.98. The van der Waals surface area contributed by atoms with Crippen molar-refractivity contribution in [2.24, 2.45) is 5.41 Å². The minimum absolute atomic E-state index is 0.0820. The molecule has 158 valence electrons. The van der Waals surface area contributed by atoms with Crippen molar-refractivity contribution in [1.29, 1.82) is 0 Å². The summed E-state index contributed by atoms with van der Waals surface area (Å²) < 4.78 is 28.0. The van der Waals surface area contributed by atoms with E-state index < -0.39 is 10.0 Å². The second-order valence-electron chi connectivity index (χ2n) is 9.41. The summed E-state index contributed by atoms with van der Waals surface area (Å²) in [6, 6.07) is 3.49. The van der Waals surface area contributed by atoms with Crippen LogP contribution in [0.4, 0.5) is 5.69 Å². The molecule has 0 bridgehead atoms. The molecule has 1 fully saturated rings. The van der Waals surface area contributed by atoms with Crippen LogP contribution in [0.2, 0.25) is 0 Å². The van der Waals surface area contributed by atoms with Crippen LogP contribution in [-0.4, -0.2) is 62.2 Å². The molecule has 0 aromatic heterocycles. The van der Waals surface area contributed by atoms with Gasteiger partial charge in [0.2, 0.25) is 21.8 Å².